The van der Waals surface area contributed by atoms with E-state index in [9.17, 15) is 0 Å². The molecule has 92 valence electrons. The maximum atomic E-state index is 5.96. The Morgan fingerprint density at radius 1 is 1.47 bits per heavy atom. The Balaban J connectivity index is 1.63. The van der Waals surface area contributed by atoms with E-state index < -0.39 is 0 Å². The van der Waals surface area contributed by atoms with Crippen molar-refractivity contribution in [1.82, 2.24) is 5.32 Å². The molecule has 3 heteroatoms. The standard InChI is InChI=1S/C14H18ClNO/c1-10-6-12(15)3-2-11(10)7-13-8-16-14(4-5-14)9-17-13/h2-3,6,13,16H,4-5,7-9H2,1H3. The van der Waals surface area contributed by atoms with Gasteiger partial charge in [-0.05, 0) is 43.0 Å². The van der Waals surface area contributed by atoms with Gasteiger partial charge in [-0.15, -0.1) is 0 Å². The maximum Gasteiger partial charge on any atom is 0.0740 e. The molecule has 0 aromatic heterocycles. The second-order valence-corrected chi connectivity index (χ2v) is 5.81. The van der Waals surface area contributed by atoms with Crippen LogP contribution in [-0.2, 0) is 11.2 Å². The number of morpholine rings is 1. The Hall–Kier alpha value is -0.570. The van der Waals surface area contributed by atoms with E-state index in [1.807, 2.05) is 12.1 Å². The van der Waals surface area contributed by atoms with Crippen molar-refractivity contribution in [3.05, 3.63) is 34.3 Å². The van der Waals surface area contributed by atoms with Gasteiger partial charge in [0.05, 0.1) is 12.7 Å². The highest BCUT2D eigenvalue weighted by molar-refractivity contribution is 6.30. The van der Waals surface area contributed by atoms with Crippen LogP contribution in [-0.4, -0.2) is 24.8 Å². The summed E-state index contributed by atoms with van der Waals surface area (Å²) in [5, 5.41) is 4.43. The molecule has 1 heterocycles. The Bertz CT molecular complexity index is 418. The number of nitrogens with one attached hydrogen (secondary N) is 1. The molecule has 1 saturated carbocycles. The average Bonchev–Trinajstić information content (AvgIpc) is 3.06. The molecule has 1 saturated heterocycles. The molecule has 0 amide bonds. The first-order valence-electron chi connectivity index (χ1n) is 6.29. The Labute approximate surface area is 107 Å². The Morgan fingerprint density at radius 3 is 2.88 bits per heavy atom. The first-order chi connectivity index (χ1) is 8.17. The van der Waals surface area contributed by atoms with Crippen molar-refractivity contribution in [2.24, 2.45) is 0 Å². The molecular formula is C14H18ClNO. The van der Waals surface area contributed by atoms with Crippen LogP contribution in [0.4, 0.5) is 0 Å². The highest BCUT2D eigenvalue weighted by Gasteiger charge is 2.45. The molecule has 1 unspecified atom stereocenters. The van der Waals surface area contributed by atoms with Crippen LogP contribution < -0.4 is 5.32 Å². The number of hydrogen-bond donors (Lipinski definition) is 1. The summed E-state index contributed by atoms with van der Waals surface area (Å²) in [6.07, 6.45) is 3.84. The first-order valence-corrected chi connectivity index (χ1v) is 6.66. The van der Waals surface area contributed by atoms with Gasteiger partial charge in [0.1, 0.15) is 0 Å². The summed E-state index contributed by atoms with van der Waals surface area (Å²) in [4.78, 5) is 0. The lowest BCUT2D eigenvalue weighted by Gasteiger charge is -2.30. The van der Waals surface area contributed by atoms with Crippen molar-refractivity contribution >= 4 is 11.6 Å². The van der Waals surface area contributed by atoms with Gasteiger partial charge in [0, 0.05) is 23.5 Å². The Morgan fingerprint density at radius 2 is 2.29 bits per heavy atom. The van der Waals surface area contributed by atoms with E-state index in [1.165, 1.54) is 24.0 Å². The van der Waals surface area contributed by atoms with Crippen molar-refractivity contribution < 1.29 is 4.74 Å². The molecule has 1 aliphatic heterocycles. The van der Waals surface area contributed by atoms with Crippen LogP contribution in [0.5, 0.6) is 0 Å². The van der Waals surface area contributed by atoms with Crippen molar-refractivity contribution in [2.75, 3.05) is 13.2 Å². The molecule has 3 rings (SSSR count). The summed E-state index contributed by atoms with van der Waals surface area (Å²) in [7, 11) is 0. The van der Waals surface area contributed by atoms with Gasteiger partial charge in [-0.3, -0.25) is 0 Å². The zero-order valence-electron chi connectivity index (χ0n) is 10.1. The quantitative estimate of drug-likeness (QED) is 0.873. The summed E-state index contributed by atoms with van der Waals surface area (Å²) in [5.74, 6) is 0. The van der Waals surface area contributed by atoms with E-state index in [1.54, 1.807) is 0 Å². The summed E-state index contributed by atoms with van der Waals surface area (Å²) in [6, 6.07) is 6.10. The molecule has 0 radical (unpaired) electrons. The number of rotatable bonds is 2. The van der Waals surface area contributed by atoms with E-state index >= 15 is 0 Å². The van der Waals surface area contributed by atoms with Gasteiger partial charge in [-0.2, -0.15) is 0 Å². The molecule has 1 spiro atoms. The number of hydrogen-bond acceptors (Lipinski definition) is 2. The van der Waals surface area contributed by atoms with E-state index in [2.05, 4.69) is 18.3 Å². The molecule has 2 aliphatic rings. The predicted octanol–water partition coefficient (Wildman–Crippen LogP) is 2.71. The monoisotopic (exact) mass is 251 g/mol. The third-order valence-corrected chi connectivity index (χ3v) is 4.14. The lowest BCUT2D eigenvalue weighted by molar-refractivity contribution is -0.00238. The minimum absolute atomic E-state index is 0.307. The van der Waals surface area contributed by atoms with Crippen LogP contribution in [0.2, 0.25) is 5.02 Å². The molecule has 1 N–H and O–H groups in total. The van der Waals surface area contributed by atoms with Crippen molar-refractivity contribution in [3.8, 4) is 0 Å². The topological polar surface area (TPSA) is 21.3 Å². The predicted molar refractivity (Wildman–Crippen MR) is 69.6 cm³/mol. The fourth-order valence-electron chi connectivity index (χ4n) is 2.45. The number of halogens is 1. The smallest absolute Gasteiger partial charge is 0.0740 e. The highest BCUT2D eigenvalue weighted by Crippen LogP contribution is 2.37. The first kappa shape index (κ1) is 11.5. The largest absolute Gasteiger partial charge is 0.375 e. The molecular weight excluding hydrogens is 234 g/mol. The molecule has 1 aromatic rings. The molecule has 1 aromatic carbocycles. The van der Waals surface area contributed by atoms with E-state index in [4.69, 9.17) is 16.3 Å². The van der Waals surface area contributed by atoms with Crippen LogP contribution in [0.15, 0.2) is 18.2 Å². The van der Waals surface area contributed by atoms with E-state index in [-0.39, 0.29) is 0 Å². The number of ether oxygens (including phenoxy) is 1. The fourth-order valence-corrected chi connectivity index (χ4v) is 2.68. The summed E-state index contributed by atoms with van der Waals surface area (Å²) in [6.45, 7) is 3.96. The zero-order valence-corrected chi connectivity index (χ0v) is 10.9. The normalized spacial score (nSPS) is 26.1. The van der Waals surface area contributed by atoms with Crippen molar-refractivity contribution in [3.63, 3.8) is 0 Å². The van der Waals surface area contributed by atoms with Crippen molar-refractivity contribution in [1.29, 1.82) is 0 Å². The third kappa shape index (κ3) is 2.49. The van der Waals surface area contributed by atoms with Gasteiger partial charge in [0.15, 0.2) is 0 Å². The fraction of sp³-hybridized carbons (Fsp3) is 0.571. The second-order valence-electron chi connectivity index (χ2n) is 5.37. The van der Waals surface area contributed by atoms with Crippen LogP contribution in [0, 0.1) is 6.92 Å². The van der Waals surface area contributed by atoms with Crippen molar-refractivity contribution in [2.45, 2.75) is 37.8 Å². The van der Waals surface area contributed by atoms with Gasteiger partial charge in [0.25, 0.3) is 0 Å². The lowest BCUT2D eigenvalue weighted by Crippen LogP contribution is -2.48. The van der Waals surface area contributed by atoms with Crippen LogP contribution in [0.1, 0.15) is 24.0 Å². The number of aryl methyl sites for hydroxylation is 1. The zero-order chi connectivity index (χ0) is 11.9. The van der Waals surface area contributed by atoms with Gasteiger partial charge in [-0.25, -0.2) is 0 Å². The maximum absolute atomic E-state index is 5.96. The minimum atomic E-state index is 0.307. The summed E-state index contributed by atoms with van der Waals surface area (Å²) < 4.78 is 5.95. The minimum Gasteiger partial charge on any atom is -0.375 e. The molecule has 2 nitrogen and oxygen atoms in total. The molecule has 17 heavy (non-hydrogen) atoms. The van der Waals surface area contributed by atoms with Gasteiger partial charge in [0.2, 0.25) is 0 Å². The van der Waals surface area contributed by atoms with Gasteiger partial charge in [-0.1, -0.05) is 17.7 Å². The number of benzene rings is 1. The molecule has 1 atom stereocenters. The third-order valence-electron chi connectivity index (χ3n) is 3.91. The average molecular weight is 252 g/mol. The van der Waals surface area contributed by atoms with Crippen LogP contribution in [0.25, 0.3) is 0 Å². The van der Waals surface area contributed by atoms with Gasteiger partial charge < -0.3 is 10.1 Å². The van der Waals surface area contributed by atoms with Crippen LogP contribution >= 0.6 is 11.6 Å². The highest BCUT2D eigenvalue weighted by atomic mass is 35.5. The van der Waals surface area contributed by atoms with E-state index in [0.717, 1.165) is 24.6 Å². The molecule has 1 aliphatic carbocycles. The van der Waals surface area contributed by atoms with Gasteiger partial charge >= 0.3 is 0 Å². The second kappa shape index (κ2) is 4.27. The summed E-state index contributed by atoms with van der Waals surface area (Å²) in [5.41, 5.74) is 2.95. The van der Waals surface area contributed by atoms with Crippen LogP contribution in [0.3, 0.4) is 0 Å². The molecule has 0 bridgehead atoms. The Kier molecular flexibility index (Phi) is 2.89. The molecule has 2 fully saturated rings. The summed E-state index contributed by atoms with van der Waals surface area (Å²) >= 11 is 5.96. The lowest BCUT2D eigenvalue weighted by atomic mass is 10.0. The van der Waals surface area contributed by atoms with E-state index in [0.29, 0.717) is 11.6 Å². The SMILES string of the molecule is Cc1cc(Cl)ccc1CC1CNC2(CC2)CO1.